The summed E-state index contributed by atoms with van der Waals surface area (Å²) in [5, 5.41) is 10.0. The quantitative estimate of drug-likeness (QED) is 0.672. The summed E-state index contributed by atoms with van der Waals surface area (Å²) in [6, 6.07) is 0.447. The first-order chi connectivity index (χ1) is 6.25. The minimum atomic E-state index is -0.0636. The number of aromatic nitrogens is 2. The van der Waals surface area contributed by atoms with Crippen molar-refractivity contribution >= 4 is 11.6 Å². The minimum absolute atomic E-state index is 0.0636. The monoisotopic (exact) mass is 180 g/mol. The van der Waals surface area contributed by atoms with Gasteiger partial charge in [0.25, 0.3) is 0 Å². The molecular weight excluding hydrogens is 168 g/mol. The van der Waals surface area contributed by atoms with E-state index in [9.17, 15) is 4.79 Å². The van der Waals surface area contributed by atoms with Crippen LogP contribution < -0.4 is 10.6 Å². The molecule has 1 aromatic heterocycles. The van der Waals surface area contributed by atoms with Gasteiger partial charge < -0.3 is 10.6 Å². The van der Waals surface area contributed by atoms with Gasteiger partial charge in [-0.05, 0) is 0 Å². The van der Waals surface area contributed by atoms with Gasteiger partial charge in [-0.15, -0.1) is 0 Å². The van der Waals surface area contributed by atoms with Crippen LogP contribution in [0.5, 0.6) is 0 Å². The van der Waals surface area contributed by atoms with Crippen molar-refractivity contribution in [1.29, 1.82) is 0 Å². The van der Waals surface area contributed by atoms with E-state index in [1.54, 1.807) is 6.20 Å². The summed E-state index contributed by atoms with van der Waals surface area (Å²) < 4.78 is 1.88. The second kappa shape index (κ2) is 3.18. The molecule has 0 radical (unpaired) electrons. The Morgan fingerprint density at radius 2 is 2.54 bits per heavy atom. The average Bonchev–Trinajstić information content (AvgIpc) is 2.31. The topological polar surface area (TPSA) is 59.0 Å². The van der Waals surface area contributed by atoms with Crippen molar-refractivity contribution in [2.24, 2.45) is 0 Å². The number of anilines is 1. The van der Waals surface area contributed by atoms with Gasteiger partial charge in [-0.2, -0.15) is 5.10 Å². The molecule has 13 heavy (non-hydrogen) atoms. The van der Waals surface area contributed by atoms with E-state index >= 15 is 0 Å². The van der Waals surface area contributed by atoms with Crippen LogP contribution in [0.4, 0.5) is 5.69 Å². The Balaban J connectivity index is 2.04. The maximum Gasteiger partial charge on any atom is 0.221 e. The van der Waals surface area contributed by atoms with Gasteiger partial charge >= 0.3 is 0 Å². The Morgan fingerprint density at radius 3 is 3.08 bits per heavy atom. The number of nitrogens with one attached hydrogen (secondary N) is 2. The molecule has 0 atom stereocenters. The molecule has 2 heterocycles. The predicted octanol–water partition coefficient (Wildman–Crippen LogP) is -0.0142. The zero-order valence-electron chi connectivity index (χ0n) is 7.45. The van der Waals surface area contributed by atoms with E-state index in [0.29, 0.717) is 6.04 Å². The number of rotatable bonds is 2. The number of hydrogen-bond acceptors (Lipinski definition) is 3. The van der Waals surface area contributed by atoms with E-state index in [1.807, 2.05) is 10.9 Å². The molecule has 0 unspecified atom stereocenters. The minimum Gasteiger partial charge on any atom is -0.324 e. The van der Waals surface area contributed by atoms with Crippen LogP contribution in [-0.2, 0) is 4.79 Å². The summed E-state index contributed by atoms with van der Waals surface area (Å²) in [7, 11) is 0. The fourth-order valence-corrected chi connectivity index (χ4v) is 1.27. The Morgan fingerprint density at radius 1 is 1.77 bits per heavy atom. The van der Waals surface area contributed by atoms with E-state index < -0.39 is 0 Å². The smallest absolute Gasteiger partial charge is 0.221 e. The Bertz CT molecular complexity index is 316. The first-order valence-corrected chi connectivity index (χ1v) is 4.28. The van der Waals surface area contributed by atoms with Gasteiger partial charge in [0.2, 0.25) is 5.91 Å². The molecule has 5 nitrogen and oxygen atoms in total. The zero-order valence-corrected chi connectivity index (χ0v) is 7.45. The first kappa shape index (κ1) is 8.25. The summed E-state index contributed by atoms with van der Waals surface area (Å²) in [6.45, 7) is 3.41. The highest BCUT2D eigenvalue weighted by Crippen LogP contribution is 2.13. The van der Waals surface area contributed by atoms with Gasteiger partial charge in [0, 0.05) is 26.2 Å². The third-order valence-corrected chi connectivity index (χ3v) is 2.06. The van der Waals surface area contributed by atoms with Crippen LogP contribution in [-0.4, -0.2) is 28.8 Å². The molecule has 0 spiro atoms. The van der Waals surface area contributed by atoms with Crippen molar-refractivity contribution < 1.29 is 4.79 Å². The van der Waals surface area contributed by atoms with E-state index in [2.05, 4.69) is 15.7 Å². The normalized spacial score (nSPS) is 16.7. The lowest BCUT2D eigenvalue weighted by Crippen LogP contribution is -2.43. The summed E-state index contributed by atoms with van der Waals surface area (Å²) in [5.41, 5.74) is 0.763. The van der Waals surface area contributed by atoms with Gasteiger partial charge in [0.15, 0.2) is 0 Å². The molecule has 0 bridgehead atoms. The van der Waals surface area contributed by atoms with Crippen molar-refractivity contribution in [3.05, 3.63) is 12.4 Å². The Labute approximate surface area is 76.1 Å². The standard InChI is InChI=1S/C8H12N4O/c1-6(13)11-7-2-10-12(5-7)8-3-9-4-8/h2,5,8-9H,3-4H2,1H3,(H,11,13). The SMILES string of the molecule is CC(=O)Nc1cnn(C2CNC2)c1. The molecule has 1 amide bonds. The van der Waals surface area contributed by atoms with Gasteiger partial charge in [0.05, 0.1) is 17.9 Å². The molecule has 70 valence electrons. The molecule has 1 saturated heterocycles. The van der Waals surface area contributed by atoms with Crippen LogP contribution in [0.3, 0.4) is 0 Å². The highest BCUT2D eigenvalue weighted by atomic mass is 16.1. The van der Waals surface area contributed by atoms with Crippen molar-refractivity contribution in [1.82, 2.24) is 15.1 Å². The molecule has 1 aliphatic heterocycles. The number of carbonyl (C=O) groups is 1. The van der Waals surface area contributed by atoms with Gasteiger partial charge in [-0.3, -0.25) is 9.48 Å². The first-order valence-electron chi connectivity index (χ1n) is 4.28. The van der Waals surface area contributed by atoms with E-state index in [0.717, 1.165) is 18.8 Å². The predicted molar refractivity (Wildman–Crippen MR) is 48.4 cm³/mol. The van der Waals surface area contributed by atoms with Gasteiger partial charge in [0.1, 0.15) is 0 Å². The molecule has 5 heteroatoms. The highest BCUT2D eigenvalue weighted by Gasteiger charge is 2.19. The van der Waals surface area contributed by atoms with Crippen molar-refractivity contribution in [3.8, 4) is 0 Å². The molecule has 0 aromatic carbocycles. The van der Waals surface area contributed by atoms with E-state index in [1.165, 1.54) is 6.92 Å². The molecule has 1 fully saturated rings. The van der Waals surface area contributed by atoms with Crippen molar-refractivity contribution in [2.45, 2.75) is 13.0 Å². The lowest BCUT2D eigenvalue weighted by molar-refractivity contribution is -0.114. The molecule has 1 aromatic rings. The zero-order chi connectivity index (χ0) is 9.26. The van der Waals surface area contributed by atoms with Crippen LogP contribution in [0.15, 0.2) is 12.4 Å². The van der Waals surface area contributed by atoms with Crippen molar-refractivity contribution in [2.75, 3.05) is 18.4 Å². The maximum atomic E-state index is 10.7. The summed E-state index contributed by atoms with van der Waals surface area (Å²) >= 11 is 0. The molecule has 0 aliphatic carbocycles. The maximum absolute atomic E-state index is 10.7. The summed E-state index contributed by atoms with van der Waals surface area (Å²) in [4.78, 5) is 10.7. The molecule has 0 saturated carbocycles. The number of carbonyl (C=O) groups excluding carboxylic acids is 1. The highest BCUT2D eigenvalue weighted by molar-refractivity contribution is 5.88. The second-order valence-corrected chi connectivity index (χ2v) is 3.20. The van der Waals surface area contributed by atoms with Gasteiger partial charge in [-0.25, -0.2) is 0 Å². The largest absolute Gasteiger partial charge is 0.324 e. The third-order valence-electron chi connectivity index (χ3n) is 2.06. The van der Waals surface area contributed by atoms with E-state index in [4.69, 9.17) is 0 Å². The Kier molecular flexibility index (Phi) is 2.02. The van der Waals surface area contributed by atoms with Crippen LogP contribution in [0.1, 0.15) is 13.0 Å². The molecule has 1 aliphatic rings. The van der Waals surface area contributed by atoms with E-state index in [-0.39, 0.29) is 5.91 Å². The average molecular weight is 180 g/mol. The van der Waals surface area contributed by atoms with Gasteiger partial charge in [-0.1, -0.05) is 0 Å². The molecular formula is C8H12N4O. The lowest BCUT2D eigenvalue weighted by atomic mass is 10.2. The van der Waals surface area contributed by atoms with Crippen LogP contribution >= 0.6 is 0 Å². The number of hydrogen-bond donors (Lipinski definition) is 2. The van der Waals surface area contributed by atoms with Crippen molar-refractivity contribution in [3.63, 3.8) is 0 Å². The lowest BCUT2D eigenvalue weighted by Gasteiger charge is -2.27. The third kappa shape index (κ3) is 1.70. The van der Waals surface area contributed by atoms with Crippen LogP contribution in [0.2, 0.25) is 0 Å². The summed E-state index contributed by atoms with van der Waals surface area (Å²) in [5.74, 6) is -0.0636. The van der Waals surface area contributed by atoms with Crippen LogP contribution in [0, 0.1) is 0 Å². The number of nitrogens with zero attached hydrogens (tertiary/aromatic N) is 2. The fourth-order valence-electron chi connectivity index (χ4n) is 1.27. The Hall–Kier alpha value is -1.36. The molecule has 2 rings (SSSR count). The van der Waals surface area contributed by atoms with Crippen LogP contribution in [0.25, 0.3) is 0 Å². The fraction of sp³-hybridized carbons (Fsp3) is 0.500. The summed E-state index contributed by atoms with van der Waals surface area (Å²) in [6.07, 6.45) is 3.52. The number of amides is 1. The second-order valence-electron chi connectivity index (χ2n) is 3.20. The molecule has 2 N–H and O–H groups in total.